The van der Waals surface area contributed by atoms with E-state index in [0.29, 0.717) is 24.3 Å². The number of carbonyl (C=O) groups excluding carboxylic acids is 2. The fourth-order valence-electron chi connectivity index (χ4n) is 3.22. The molecule has 1 amide bonds. The van der Waals surface area contributed by atoms with Gasteiger partial charge in [-0.15, -0.1) is 0 Å². The molecule has 2 aromatic carbocycles. The monoisotopic (exact) mass is 369 g/mol. The SMILES string of the molecule is O=C1/C(=C\NCc2ccncc2)C(=O)N(Cc2ccccc2)c2ccccc21. The van der Waals surface area contributed by atoms with Crippen molar-refractivity contribution in [3.8, 4) is 0 Å². The zero-order valence-electron chi connectivity index (χ0n) is 15.2. The van der Waals surface area contributed by atoms with Gasteiger partial charge in [-0.25, -0.2) is 0 Å². The fraction of sp³-hybridized carbons (Fsp3) is 0.0870. The van der Waals surface area contributed by atoms with E-state index in [0.717, 1.165) is 11.1 Å². The molecule has 0 bridgehead atoms. The van der Waals surface area contributed by atoms with Gasteiger partial charge in [0.25, 0.3) is 5.91 Å². The average Bonchev–Trinajstić information content (AvgIpc) is 2.75. The molecule has 138 valence electrons. The van der Waals surface area contributed by atoms with Crippen LogP contribution in [-0.4, -0.2) is 16.7 Å². The summed E-state index contributed by atoms with van der Waals surface area (Å²) >= 11 is 0. The van der Waals surface area contributed by atoms with Crippen LogP contribution >= 0.6 is 0 Å². The van der Waals surface area contributed by atoms with Crippen molar-refractivity contribution in [2.75, 3.05) is 4.90 Å². The minimum absolute atomic E-state index is 0.142. The Morgan fingerprint density at radius 1 is 0.857 bits per heavy atom. The van der Waals surface area contributed by atoms with Crippen molar-refractivity contribution in [3.05, 3.63) is 108 Å². The lowest BCUT2D eigenvalue weighted by Crippen LogP contribution is -2.39. The molecule has 0 saturated heterocycles. The van der Waals surface area contributed by atoms with Crippen LogP contribution in [0.3, 0.4) is 0 Å². The van der Waals surface area contributed by atoms with Crippen LogP contribution in [0, 0.1) is 0 Å². The largest absolute Gasteiger partial charge is 0.386 e. The lowest BCUT2D eigenvalue weighted by molar-refractivity contribution is -0.115. The summed E-state index contributed by atoms with van der Waals surface area (Å²) in [6.45, 7) is 0.915. The second kappa shape index (κ2) is 7.88. The highest BCUT2D eigenvalue weighted by molar-refractivity contribution is 6.34. The van der Waals surface area contributed by atoms with E-state index in [9.17, 15) is 9.59 Å². The molecule has 4 rings (SSSR count). The van der Waals surface area contributed by atoms with Crippen molar-refractivity contribution in [2.45, 2.75) is 13.1 Å². The minimum atomic E-state index is -0.296. The summed E-state index contributed by atoms with van der Waals surface area (Å²) in [4.78, 5) is 31.7. The van der Waals surface area contributed by atoms with Crippen molar-refractivity contribution in [1.82, 2.24) is 10.3 Å². The Morgan fingerprint density at radius 2 is 1.57 bits per heavy atom. The summed E-state index contributed by atoms with van der Waals surface area (Å²) in [5.41, 5.74) is 3.35. The number of anilines is 1. The van der Waals surface area contributed by atoms with Crippen molar-refractivity contribution >= 4 is 17.4 Å². The van der Waals surface area contributed by atoms with Gasteiger partial charge in [0.15, 0.2) is 0 Å². The Kier molecular flexibility index (Phi) is 4.97. The van der Waals surface area contributed by atoms with E-state index >= 15 is 0 Å². The van der Waals surface area contributed by atoms with E-state index < -0.39 is 0 Å². The number of hydrogen-bond donors (Lipinski definition) is 1. The lowest BCUT2D eigenvalue weighted by Gasteiger charge is -2.30. The third-order valence-corrected chi connectivity index (χ3v) is 4.65. The lowest BCUT2D eigenvalue weighted by atomic mass is 9.95. The molecule has 3 aromatic rings. The smallest absolute Gasteiger partial charge is 0.264 e. The van der Waals surface area contributed by atoms with Crippen molar-refractivity contribution in [2.24, 2.45) is 0 Å². The molecule has 0 aliphatic carbocycles. The van der Waals surface area contributed by atoms with E-state index in [4.69, 9.17) is 0 Å². The third-order valence-electron chi connectivity index (χ3n) is 4.65. The molecular weight excluding hydrogens is 350 g/mol. The summed E-state index contributed by atoms with van der Waals surface area (Å²) in [5.74, 6) is -0.554. The molecule has 5 nitrogen and oxygen atoms in total. The number of hydrogen-bond acceptors (Lipinski definition) is 4. The highest BCUT2D eigenvalue weighted by Crippen LogP contribution is 2.31. The van der Waals surface area contributed by atoms with Crippen LogP contribution in [0.1, 0.15) is 21.5 Å². The molecule has 1 aliphatic heterocycles. The molecule has 1 N–H and O–H groups in total. The first-order chi connectivity index (χ1) is 13.7. The van der Waals surface area contributed by atoms with Crippen LogP contribution in [0.15, 0.2) is 90.9 Å². The second-order valence-corrected chi connectivity index (χ2v) is 6.52. The van der Waals surface area contributed by atoms with Gasteiger partial charge in [0, 0.05) is 30.7 Å². The number of carbonyl (C=O) groups is 2. The summed E-state index contributed by atoms with van der Waals surface area (Å²) < 4.78 is 0. The minimum Gasteiger partial charge on any atom is -0.386 e. The second-order valence-electron chi connectivity index (χ2n) is 6.52. The van der Waals surface area contributed by atoms with Gasteiger partial charge in [0.2, 0.25) is 5.78 Å². The van der Waals surface area contributed by atoms with Crippen LogP contribution in [0.4, 0.5) is 5.69 Å². The summed E-state index contributed by atoms with van der Waals surface area (Å²) in [5, 5.41) is 3.09. The predicted molar refractivity (Wildman–Crippen MR) is 108 cm³/mol. The van der Waals surface area contributed by atoms with E-state index in [1.54, 1.807) is 23.4 Å². The van der Waals surface area contributed by atoms with E-state index in [-0.39, 0.29) is 17.3 Å². The summed E-state index contributed by atoms with van der Waals surface area (Å²) in [6.07, 6.45) is 4.94. The third kappa shape index (κ3) is 3.55. The van der Waals surface area contributed by atoms with Gasteiger partial charge in [-0.1, -0.05) is 42.5 Å². The van der Waals surface area contributed by atoms with Gasteiger partial charge in [-0.3, -0.25) is 14.6 Å². The molecule has 0 unspecified atom stereocenters. The van der Waals surface area contributed by atoms with Gasteiger partial charge in [-0.05, 0) is 35.4 Å². The first kappa shape index (κ1) is 17.7. The summed E-state index contributed by atoms with van der Waals surface area (Å²) in [6, 6.07) is 20.8. The van der Waals surface area contributed by atoms with Crippen molar-refractivity contribution in [3.63, 3.8) is 0 Å². The first-order valence-corrected chi connectivity index (χ1v) is 9.06. The van der Waals surface area contributed by atoms with Crippen LogP contribution < -0.4 is 10.2 Å². The van der Waals surface area contributed by atoms with Gasteiger partial charge in [0.05, 0.1) is 12.2 Å². The van der Waals surface area contributed by atoms with Crippen LogP contribution in [0.2, 0.25) is 0 Å². The van der Waals surface area contributed by atoms with Crippen molar-refractivity contribution in [1.29, 1.82) is 0 Å². The van der Waals surface area contributed by atoms with Crippen LogP contribution in [0.5, 0.6) is 0 Å². The number of para-hydroxylation sites is 1. The van der Waals surface area contributed by atoms with Crippen molar-refractivity contribution < 1.29 is 9.59 Å². The number of aromatic nitrogens is 1. The van der Waals surface area contributed by atoms with Gasteiger partial charge < -0.3 is 10.2 Å². The summed E-state index contributed by atoms with van der Waals surface area (Å²) in [7, 11) is 0. The number of amides is 1. The molecule has 2 heterocycles. The molecule has 5 heteroatoms. The number of pyridine rings is 1. The zero-order valence-corrected chi connectivity index (χ0v) is 15.2. The van der Waals surface area contributed by atoms with E-state index in [2.05, 4.69) is 10.3 Å². The maximum atomic E-state index is 13.1. The highest BCUT2D eigenvalue weighted by atomic mass is 16.2. The number of nitrogens with zero attached hydrogens (tertiary/aromatic N) is 2. The molecule has 0 saturated carbocycles. The highest BCUT2D eigenvalue weighted by Gasteiger charge is 2.34. The zero-order chi connectivity index (χ0) is 19.3. The predicted octanol–water partition coefficient (Wildman–Crippen LogP) is 3.48. The number of nitrogens with one attached hydrogen (secondary N) is 1. The van der Waals surface area contributed by atoms with Gasteiger partial charge in [-0.2, -0.15) is 0 Å². The number of Topliss-reactive ketones (excluding diaryl/α,β-unsaturated/α-hetero) is 1. The molecule has 0 fully saturated rings. The number of benzene rings is 2. The molecule has 0 radical (unpaired) electrons. The molecule has 28 heavy (non-hydrogen) atoms. The first-order valence-electron chi connectivity index (χ1n) is 9.06. The van der Waals surface area contributed by atoms with Gasteiger partial charge in [0.1, 0.15) is 5.57 Å². The van der Waals surface area contributed by atoms with E-state index in [1.165, 1.54) is 6.20 Å². The van der Waals surface area contributed by atoms with Crippen LogP contribution in [0.25, 0.3) is 0 Å². The molecule has 0 spiro atoms. The number of rotatable bonds is 5. The topological polar surface area (TPSA) is 62.3 Å². The van der Waals surface area contributed by atoms with Crippen LogP contribution in [-0.2, 0) is 17.9 Å². The number of fused-ring (bicyclic) bond motifs is 1. The average molecular weight is 369 g/mol. The normalized spacial score (nSPS) is 14.9. The maximum Gasteiger partial charge on any atom is 0.264 e. The standard InChI is InChI=1S/C23H19N3O2/c27-22-19-8-4-5-9-21(19)26(16-18-6-2-1-3-7-18)23(28)20(22)15-25-14-17-10-12-24-13-11-17/h1-13,15,25H,14,16H2/b20-15+. The number of ketones is 1. The Hall–Kier alpha value is -3.73. The molecule has 1 aliphatic rings. The fourth-order valence-corrected chi connectivity index (χ4v) is 3.22. The quantitative estimate of drug-likeness (QED) is 0.552. The Bertz CT molecular complexity index is 1030. The van der Waals surface area contributed by atoms with Gasteiger partial charge >= 0.3 is 0 Å². The Labute approximate surface area is 163 Å². The van der Waals surface area contributed by atoms with E-state index in [1.807, 2.05) is 60.7 Å². The Morgan fingerprint density at radius 3 is 2.36 bits per heavy atom. The molecular formula is C23H19N3O2. The molecule has 1 aromatic heterocycles. The maximum absolute atomic E-state index is 13.1. The Balaban J connectivity index is 1.63. The molecule has 0 atom stereocenters.